The van der Waals surface area contributed by atoms with E-state index in [0.29, 0.717) is 18.1 Å². The van der Waals surface area contributed by atoms with Gasteiger partial charge in [0.05, 0.1) is 12.3 Å². The van der Waals surface area contributed by atoms with Gasteiger partial charge in [-0.05, 0) is 43.3 Å². The molecule has 0 bridgehead atoms. The van der Waals surface area contributed by atoms with Gasteiger partial charge in [0.1, 0.15) is 5.54 Å². The van der Waals surface area contributed by atoms with Gasteiger partial charge in [-0.25, -0.2) is 0 Å². The number of benzene rings is 1. The van der Waals surface area contributed by atoms with Crippen molar-refractivity contribution in [3.63, 3.8) is 0 Å². The van der Waals surface area contributed by atoms with Crippen molar-refractivity contribution in [3.05, 3.63) is 51.7 Å². The lowest BCUT2D eigenvalue weighted by Crippen LogP contribution is -2.61. The lowest BCUT2D eigenvalue weighted by atomic mass is 9.99. The number of nitrogens with zero attached hydrogens (tertiary/aromatic N) is 1. The molecule has 25 heavy (non-hydrogen) atoms. The number of thioether (sulfide) groups is 1. The van der Waals surface area contributed by atoms with Crippen molar-refractivity contribution in [2.45, 2.75) is 32.9 Å². The maximum atomic E-state index is 13.2. The number of hydrogen-bond donors (Lipinski definition) is 1. The van der Waals surface area contributed by atoms with Gasteiger partial charge in [0.2, 0.25) is 5.91 Å². The van der Waals surface area contributed by atoms with Crippen LogP contribution in [0.4, 0.5) is 5.69 Å². The zero-order chi connectivity index (χ0) is 18.0. The van der Waals surface area contributed by atoms with Gasteiger partial charge >= 0.3 is 0 Å². The highest BCUT2D eigenvalue weighted by molar-refractivity contribution is 8.00. The molecule has 1 N–H and O–H groups in total. The summed E-state index contributed by atoms with van der Waals surface area (Å²) in [7, 11) is 0. The van der Waals surface area contributed by atoms with Crippen LogP contribution in [0, 0.1) is 13.8 Å². The van der Waals surface area contributed by atoms with Gasteiger partial charge in [-0.2, -0.15) is 0 Å². The van der Waals surface area contributed by atoms with Crippen molar-refractivity contribution >= 4 is 40.6 Å². The molecule has 0 aliphatic carbocycles. The molecule has 0 radical (unpaired) electrons. The molecule has 1 aromatic carbocycles. The van der Waals surface area contributed by atoms with E-state index in [-0.39, 0.29) is 11.8 Å². The Morgan fingerprint density at radius 1 is 1.24 bits per heavy atom. The second kappa shape index (κ2) is 7.22. The summed E-state index contributed by atoms with van der Waals surface area (Å²) >= 11 is 3.13. The number of anilines is 1. The minimum atomic E-state index is -0.862. The molecule has 132 valence electrons. The van der Waals surface area contributed by atoms with Crippen molar-refractivity contribution in [2.75, 3.05) is 16.8 Å². The average molecular weight is 375 g/mol. The summed E-state index contributed by atoms with van der Waals surface area (Å²) in [6.45, 7) is 6.31. The Kier molecular flexibility index (Phi) is 5.20. The Morgan fingerprint density at radius 2 is 1.96 bits per heavy atom. The van der Waals surface area contributed by atoms with Gasteiger partial charge < -0.3 is 10.2 Å². The van der Waals surface area contributed by atoms with Gasteiger partial charge in [-0.1, -0.05) is 24.3 Å². The van der Waals surface area contributed by atoms with Gasteiger partial charge in [0.25, 0.3) is 5.91 Å². The Labute approximate surface area is 156 Å². The third kappa shape index (κ3) is 3.60. The first kappa shape index (κ1) is 18.0. The largest absolute Gasteiger partial charge is 0.324 e. The topological polar surface area (TPSA) is 49.4 Å². The number of para-hydroxylation sites is 1. The molecule has 1 fully saturated rings. The van der Waals surface area contributed by atoms with Crippen molar-refractivity contribution in [3.8, 4) is 0 Å². The first-order valence-electron chi connectivity index (χ1n) is 8.20. The number of rotatable bonds is 4. The molecule has 6 heteroatoms. The fraction of sp³-hybridized carbons (Fsp3) is 0.368. The van der Waals surface area contributed by atoms with E-state index < -0.39 is 5.54 Å². The third-order valence-corrected chi connectivity index (χ3v) is 6.69. The SMILES string of the molecule is Cc1cccc(C)c1NC(=O)C1(C)CSCC(=O)N1Cc1cccs1. The van der Waals surface area contributed by atoms with Crippen molar-refractivity contribution in [2.24, 2.45) is 0 Å². The van der Waals surface area contributed by atoms with Crippen LogP contribution in [0.5, 0.6) is 0 Å². The molecule has 2 amide bonds. The third-order valence-electron chi connectivity index (χ3n) is 4.61. The maximum Gasteiger partial charge on any atom is 0.250 e. The van der Waals surface area contributed by atoms with Crippen LogP contribution in [0.3, 0.4) is 0 Å². The molecule has 1 aliphatic heterocycles. The summed E-state index contributed by atoms with van der Waals surface area (Å²) in [6, 6.07) is 9.91. The van der Waals surface area contributed by atoms with Gasteiger partial charge in [-0.3, -0.25) is 9.59 Å². The highest BCUT2D eigenvalue weighted by Gasteiger charge is 2.45. The zero-order valence-corrected chi connectivity index (χ0v) is 16.3. The molecule has 2 aromatic rings. The first-order chi connectivity index (χ1) is 11.9. The normalized spacial score (nSPS) is 20.6. The van der Waals surface area contributed by atoms with Gasteiger partial charge in [0, 0.05) is 16.3 Å². The van der Waals surface area contributed by atoms with Gasteiger partial charge in [0.15, 0.2) is 0 Å². The quantitative estimate of drug-likeness (QED) is 0.885. The fourth-order valence-corrected chi connectivity index (χ4v) is 4.85. The summed E-state index contributed by atoms with van der Waals surface area (Å²) in [5.41, 5.74) is 2.03. The number of amides is 2. The van der Waals surface area contributed by atoms with E-state index in [9.17, 15) is 9.59 Å². The minimum Gasteiger partial charge on any atom is -0.324 e. The smallest absolute Gasteiger partial charge is 0.250 e. The molecule has 1 unspecified atom stereocenters. The van der Waals surface area contributed by atoms with Crippen LogP contribution in [0.2, 0.25) is 0 Å². The summed E-state index contributed by atoms with van der Waals surface area (Å²) in [4.78, 5) is 28.5. The number of hydrogen-bond acceptors (Lipinski definition) is 4. The van der Waals surface area contributed by atoms with Crippen molar-refractivity contribution in [1.82, 2.24) is 4.90 Å². The van der Waals surface area contributed by atoms with E-state index in [1.54, 1.807) is 16.2 Å². The lowest BCUT2D eigenvalue weighted by molar-refractivity contribution is -0.142. The van der Waals surface area contributed by atoms with E-state index in [2.05, 4.69) is 5.32 Å². The number of carbonyl (C=O) groups is 2. The second-order valence-corrected chi connectivity index (χ2v) is 8.56. The summed E-state index contributed by atoms with van der Waals surface area (Å²) in [6.07, 6.45) is 0. The van der Waals surface area contributed by atoms with Crippen molar-refractivity contribution in [1.29, 1.82) is 0 Å². The predicted octanol–water partition coefficient (Wildman–Crippen LogP) is 3.84. The number of thiophene rings is 1. The van der Waals surface area contributed by atoms with Gasteiger partial charge in [-0.15, -0.1) is 23.1 Å². The molecule has 3 rings (SSSR count). The van der Waals surface area contributed by atoms with E-state index in [0.717, 1.165) is 21.7 Å². The van der Waals surface area contributed by atoms with E-state index in [4.69, 9.17) is 0 Å². The molecule has 1 aromatic heterocycles. The Bertz CT molecular complexity index is 768. The number of carbonyl (C=O) groups excluding carboxylic acids is 2. The summed E-state index contributed by atoms with van der Waals surface area (Å²) in [5, 5.41) is 5.07. The molecule has 4 nitrogen and oxygen atoms in total. The molecule has 0 saturated carbocycles. The summed E-state index contributed by atoms with van der Waals surface area (Å²) < 4.78 is 0. The molecular weight excluding hydrogens is 352 g/mol. The van der Waals surface area contributed by atoms with E-state index >= 15 is 0 Å². The average Bonchev–Trinajstić information content (AvgIpc) is 3.08. The lowest BCUT2D eigenvalue weighted by Gasteiger charge is -2.43. The highest BCUT2D eigenvalue weighted by atomic mass is 32.2. The van der Waals surface area contributed by atoms with E-state index in [1.165, 1.54) is 11.8 Å². The van der Waals surface area contributed by atoms with Crippen LogP contribution in [0.25, 0.3) is 0 Å². The van der Waals surface area contributed by atoms with Crippen LogP contribution in [0.15, 0.2) is 35.7 Å². The molecule has 1 saturated heterocycles. The van der Waals surface area contributed by atoms with Crippen LogP contribution >= 0.6 is 23.1 Å². The standard InChI is InChI=1S/C19H22N2O2S2/c1-13-6-4-7-14(2)17(13)20-18(23)19(3)12-24-11-16(22)21(19)10-15-8-5-9-25-15/h4-9H,10-12H2,1-3H3,(H,20,23). The molecule has 0 spiro atoms. The van der Waals surface area contributed by atoms with Crippen LogP contribution in [-0.4, -0.2) is 33.8 Å². The minimum absolute atomic E-state index is 0.0174. The Morgan fingerprint density at radius 3 is 2.60 bits per heavy atom. The summed E-state index contributed by atoms with van der Waals surface area (Å²) in [5.74, 6) is 0.921. The molecule has 1 aliphatic rings. The predicted molar refractivity (Wildman–Crippen MR) is 105 cm³/mol. The van der Waals surface area contributed by atoms with Crippen LogP contribution in [-0.2, 0) is 16.1 Å². The Hall–Kier alpha value is -1.79. The molecular formula is C19H22N2O2S2. The second-order valence-electron chi connectivity index (χ2n) is 6.55. The van der Waals surface area contributed by atoms with Crippen LogP contribution in [0.1, 0.15) is 22.9 Å². The molecule has 1 atom stereocenters. The Balaban J connectivity index is 1.88. The first-order valence-corrected chi connectivity index (χ1v) is 10.2. The number of aryl methyl sites for hydroxylation is 2. The fourth-order valence-electron chi connectivity index (χ4n) is 3.04. The monoisotopic (exact) mass is 374 g/mol. The van der Waals surface area contributed by atoms with Crippen molar-refractivity contribution < 1.29 is 9.59 Å². The van der Waals surface area contributed by atoms with Crippen LogP contribution < -0.4 is 5.32 Å². The zero-order valence-electron chi connectivity index (χ0n) is 14.7. The highest BCUT2D eigenvalue weighted by Crippen LogP contribution is 2.32. The van der Waals surface area contributed by atoms with E-state index in [1.807, 2.05) is 56.5 Å². The molecule has 2 heterocycles. The maximum absolute atomic E-state index is 13.2. The number of nitrogens with one attached hydrogen (secondary N) is 1.